The molecule has 1 atom stereocenters. The highest BCUT2D eigenvalue weighted by Gasteiger charge is 2.36. The van der Waals surface area contributed by atoms with Gasteiger partial charge in [0, 0.05) is 25.2 Å². The first-order chi connectivity index (χ1) is 15.9. The molecule has 1 aliphatic rings. The normalized spacial score (nSPS) is 16.8. The number of nitrogens with one attached hydrogen (secondary N) is 1. The van der Waals surface area contributed by atoms with Crippen LogP contribution in [0.1, 0.15) is 12.0 Å². The highest BCUT2D eigenvalue weighted by molar-refractivity contribution is 7.92. The van der Waals surface area contributed by atoms with Crippen LogP contribution in [0.2, 0.25) is 0 Å². The van der Waals surface area contributed by atoms with Gasteiger partial charge in [0.25, 0.3) is 10.0 Å². The average molecular weight is 505 g/mol. The van der Waals surface area contributed by atoms with Gasteiger partial charge in [0.1, 0.15) is 22.5 Å². The molecule has 1 saturated heterocycles. The number of hydrogen-bond donors (Lipinski definition) is 1. The predicted molar refractivity (Wildman–Crippen MR) is 115 cm³/mol. The second-order valence-corrected chi connectivity index (χ2v) is 9.19. The van der Waals surface area contributed by atoms with Gasteiger partial charge >= 0.3 is 11.9 Å². The molecule has 1 unspecified atom stereocenters. The molecule has 1 fully saturated rings. The van der Waals surface area contributed by atoms with E-state index in [0.29, 0.717) is 19.5 Å². The van der Waals surface area contributed by atoms with E-state index in [4.69, 9.17) is 14.2 Å². The maximum atomic E-state index is 13.5. The summed E-state index contributed by atoms with van der Waals surface area (Å²) in [5, 5.41) is 11.2. The summed E-state index contributed by atoms with van der Waals surface area (Å²) in [6, 6.07) is 4.40. The Kier molecular flexibility index (Phi) is 7.12. The van der Waals surface area contributed by atoms with Crippen LogP contribution in [0.4, 0.5) is 24.5 Å². The Balaban J connectivity index is 2.00. The minimum Gasteiger partial charge on any atom is -0.495 e. The largest absolute Gasteiger partial charge is 0.495 e. The van der Waals surface area contributed by atoms with Crippen LogP contribution in [0.15, 0.2) is 35.2 Å². The van der Waals surface area contributed by atoms with Gasteiger partial charge in [0.05, 0.1) is 36.5 Å². The first-order valence-corrected chi connectivity index (χ1v) is 11.3. The summed E-state index contributed by atoms with van der Waals surface area (Å²) in [5.74, 6) is -1.20. The summed E-state index contributed by atoms with van der Waals surface area (Å²) >= 11 is 0. The van der Waals surface area contributed by atoms with Gasteiger partial charge < -0.3 is 19.1 Å². The highest BCUT2D eigenvalue weighted by atomic mass is 32.2. The Morgan fingerprint density at radius 3 is 2.32 bits per heavy atom. The molecular weight excluding hydrogens is 483 g/mol. The van der Waals surface area contributed by atoms with E-state index < -0.39 is 49.1 Å². The SMILES string of the molecule is COc1cc(S(=O)(=O)Nc2ccc(C(F)(F)F)c(OC3CCN(C)C3)c2)c(OC)cc1[N+](=O)[O-]. The van der Waals surface area contributed by atoms with Crippen molar-refractivity contribution in [3.05, 3.63) is 46.0 Å². The number of nitro groups is 1. The van der Waals surface area contributed by atoms with Gasteiger partial charge in [0.15, 0.2) is 5.75 Å². The zero-order chi connectivity index (χ0) is 25.3. The Morgan fingerprint density at radius 2 is 1.79 bits per heavy atom. The van der Waals surface area contributed by atoms with Crippen LogP contribution < -0.4 is 18.9 Å². The number of nitrogens with zero attached hydrogens (tertiary/aromatic N) is 2. The maximum absolute atomic E-state index is 13.5. The zero-order valence-electron chi connectivity index (χ0n) is 18.4. The molecular formula is C20H22F3N3O7S. The fourth-order valence-corrected chi connectivity index (χ4v) is 4.72. The summed E-state index contributed by atoms with van der Waals surface area (Å²) in [5.41, 5.74) is -1.77. The van der Waals surface area contributed by atoms with Crippen LogP contribution in [0.3, 0.4) is 0 Å². The summed E-state index contributed by atoms with van der Waals surface area (Å²) in [7, 11) is -0.403. The Hall–Kier alpha value is -3.26. The van der Waals surface area contributed by atoms with E-state index in [0.717, 1.165) is 44.6 Å². The lowest BCUT2D eigenvalue weighted by atomic mass is 10.1. The van der Waals surface area contributed by atoms with Gasteiger partial charge in [-0.3, -0.25) is 14.8 Å². The molecule has 0 aliphatic carbocycles. The quantitative estimate of drug-likeness (QED) is 0.428. The van der Waals surface area contributed by atoms with Crippen molar-refractivity contribution in [1.82, 2.24) is 4.90 Å². The van der Waals surface area contributed by atoms with Crippen molar-refractivity contribution >= 4 is 21.4 Å². The number of ether oxygens (including phenoxy) is 3. The molecule has 3 rings (SSSR count). The van der Waals surface area contributed by atoms with Gasteiger partial charge in [-0.25, -0.2) is 8.42 Å². The number of halogens is 3. The van der Waals surface area contributed by atoms with E-state index in [2.05, 4.69) is 4.72 Å². The van der Waals surface area contributed by atoms with E-state index in [1.54, 1.807) is 0 Å². The van der Waals surface area contributed by atoms with Crippen LogP contribution in [-0.4, -0.2) is 58.7 Å². The molecule has 10 nitrogen and oxygen atoms in total. The van der Waals surface area contributed by atoms with Crippen molar-refractivity contribution in [2.45, 2.75) is 23.6 Å². The second-order valence-electron chi connectivity index (χ2n) is 7.54. The van der Waals surface area contributed by atoms with Gasteiger partial charge in [0.2, 0.25) is 0 Å². The summed E-state index contributed by atoms with van der Waals surface area (Å²) in [6.07, 6.45) is -4.69. The molecule has 186 valence electrons. The molecule has 0 bridgehead atoms. The van der Waals surface area contributed by atoms with Crippen LogP contribution in [0, 0.1) is 10.1 Å². The Morgan fingerprint density at radius 1 is 1.12 bits per heavy atom. The lowest BCUT2D eigenvalue weighted by Crippen LogP contribution is -2.23. The number of benzene rings is 2. The van der Waals surface area contributed by atoms with Crippen molar-refractivity contribution in [3.63, 3.8) is 0 Å². The van der Waals surface area contributed by atoms with Crippen LogP contribution in [0.25, 0.3) is 0 Å². The molecule has 0 amide bonds. The van der Waals surface area contributed by atoms with Gasteiger partial charge in [-0.05, 0) is 25.6 Å². The van der Waals surface area contributed by atoms with E-state index >= 15 is 0 Å². The number of likely N-dealkylation sites (N-methyl/N-ethyl adjacent to an activating group) is 1. The smallest absolute Gasteiger partial charge is 0.419 e. The van der Waals surface area contributed by atoms with E-state index in [-0.39, 0.29) is 17.2 Å². The van der Waals surface area contributed by atoms with Crippen LogP contribution >= 0.6 is 0 Å². The second kappa shape index (κ2) is 9.54. The topological polar surface area (TPSA) is 120 Å². The lowest BCUT2D eigenvalue weighted by molar-refractivity contribution is -0.385. The molecule has 2 aromatic rings. The number of anilines is 1. The first kappa shape index (κ1) is 25.4. The first-order valence-electron chi connectivity index (χ1n) is 9.85. The van der Waals surface area contributed by atoms with E-state index in [1.807, 2.05) is 11.9 Å². The number of likely N-dealkylation sites (tertiary alicyclic amines) is 1. The monoisotopic (exact) mass is 505 g/mol. The Bertz CT molecular complexity index is 1190. The van der Waals surface area contributed by atoms with Crippen molar-refractivity contribution in [2.75, 3.05) is 39.1 Å². The van der Waals surface area contributed by atoms with Gasteiger partial charge in [-0.15, -0.1) is 0 Å². The highest BCUT2D eigenvalue weighted by Crippen LogP contribution is 2.40. The van der Waals surface area contributed by atoms with Gasteiger partial charge in [-0.2, -0.15) is 13.2 Å². The van der Waals surface area contributed by atoms with Crippen molar-refractivity contribution in [1.29, 1.82) is 0 Å². The third kappa shape index (κ3) is 5.44. The molecule has 1 heterocycles. The molecule has 0 aromatic heterocycles. The van der Waals surface area contributed by atoms with Crippen molar-refractivity contribution in [3.8, 4) is 17.2 Å². The number of nitro benzene ring substituents is 1. The fraction of sp³-hybridized carbons (Fsp3) is 0.400. The van der Waals surface area contributed by atoms with E-state index in [1.165, 1.54) is 0 Å². The minimum atomic E-state index is -4.72. The number of alkyl halides is 3. The Labute approximate surface area is 193 Å². The zero-order valence-corrected chi connectivity index (χ0v) is 19.2. The predicted octanol–water partition coefficient (Wildman–Crippen LogP) is 3.51. The van der Waals surface area contributed by atoms with E-state index in [9.17, 15) is 31.7 Å². The summed E-state index contributed by atoms with van der Waals surface area (Å²) < 4.78 is 84.2. The maximum Gasteiger partial charge on any atom is 0.419 e. The average Bonchev–Trinajstić information content (AvgIpc) is 3.16. The molecule has 0 saturated carbocycles. The fourth-order valence-electron chi connectivity index (χ4n) is 3.50. The van der Waals surface area contributed by atoms with Gasteiger partial charge in [-0.1, -0.05) is 0 Å². The van der Waals surface area contributed by atoms with Crippen molar-refractivity contribution < 1.29 is 40.7 Å². The molecule has 1 aliphatic heterocycles. The third-order valence-corrected chi connectivity index (χ3v) is 6.53. The van der Waals surface area contributed by atoms with Crippen molar-refractivity contribution in [2.24, 2.45) is 0 Å². The molecule has 0 spiro atoms. The summed E-state index contributed by atoms with van der Waals surface area (Å²) in [6.45, 7) is 1.08. The molecule has 0 radical (unpaired) electrons. The lowest BCUT2D eigenvalue weighted by Gasteiger charge is -2.20. The number of methoxy groups -OCH3 is 2. The molecule has 34 heavy (non-hydrogen) atoms. The summed E-state index contributed by atoms with van der Waals surface area (Å²) in [4.78, 5) is 11.8. The number of hydrogen-bond acceptors (Lipinski definition) is 8. The third-order valence-electron chi connectivity index (χ3n) is 5.13. The molecule has 1 N–H and O–H groups in total. The van der Waals surface area contributed by atoms with Crippen LogP contribution in [0.5, 0.6) is 17.2 Å². The minimum absolute atomic E-state index is 0.200. The molecule has 14 heteroatoms. The molecule has 2 aromatic carbocycles. The number of rotatable bonds is 8. The standard InChI is InChI=1S/C20H22F3N3O7S/c1-25-7-6-13(11-25)33-16-8-12(4-5-14(16)20(21,22)23)24-34(29,30)19-10-17(31-2)15(26(27)28)9-18(19)32-3/h4-5,8-10,13,24H,6-7,11H2,1-3H3. The van der Waals surface area contributed by atoms with Crippen LogP contribution in [-0.2, 0) is 16.2 Å². The number of sulfonamides is 1.